The monoisotopic (exact) mass is 425 g/mol. The molecule has 1 aliphatic heterocycles. The number of esters is 1. The molecule has 0 saturated carbocycles. The number of methoxy groups -OCH3 is 1. The lowest BCUT2D eigenvalue weighted by Gasteiger charge is -2.09. The van der Waals surface area contributed by atoms with E-state index in [0.717, 1.165) is 36.5 Å². The normalized spacial score (nSPS) is 12.9. The number of aromatic nitrogens is 2. The van der Waals surface area contributed by atoms with E-state index in [4.69, 9.17) is 0 Å². The van der Waals surface area contributed by atoms with Gasteiger partial charge in [0.15, 0.2) is 5.69 Å². The van der Waals surface area contributed by atoms with E-state index in [9.17, 15) is 9.90 Å². The Morgan fingerprint density at radius 2 is 1.87 bits per heavy atom. The highest BCUT2D eigenvalue weighted by atomic mass is 35.5. The molecule has 156 valence electrons. The zero-order chi connectivity index (χ0) is 20.4. The van der Waals surface area contributed by atoms with Crippen LogP contribution in [-0.2, 0) is 24.2 Å². The molecule has 7 heteroatoms. The maximum atomic E-state index is 12.6. The van der Waals surface area contributed by atoms with Crippen LogP contribution in [0.25, 0.3) is 11.3 Å². The van der Waals surface area contributed by atoms with Gasteiger partial charge in [-0.05, 0) is 37.6 Å². The van der Waals surface area contributed by atoms with Gasteiger partial charge in [-0.2, -0.15) is 0 Å². The van der Waals surface area contributed by atoms with Crippen molar-refractivity contribution in [1.82, 2.24) is 4.57 Å². The molecule has 0 saturated heterocycles. The molecular formula is C23H24ClN3O3. The Kier molecular flexibility index (Phi) is 6.57. The van der Waals surface area contributed by atoms with Gasteiger partial charge in [0.25, 0.3) is 5.82 Å². The van der Waals surface area contributed by atoms with Gasteiger partial charge in [0.1, 0.15) is 12.7 Å². The number of nitrogens with zero attached hydrogens (tertiary/aromatic N) is 3. The molecule has 30 heavy (non-hydrogen) atoms. The van der Waals surface area contributed by atoms with Crippen molar-refractivity contribution in [2.75, 3.05) is 7.11 Å². The first-order valence-electron chi connectivity index (χ1n) is 9.67. The molecular weight excluding hydrogens is 402 g/mol. The van der Waals surface area contributed by atoms with Crippen LogP contribution in [-0.4, -0.2) is 23.5 Å². The molecule has 0 aliphatic carbocycles. The molecule has 0 radical (unpaired) electrons. The molecule has 0 unspecified atom stereocenters. The predicted molar refractivity (Wildman–Crippen MR) is 115 cm³/mol. The third-order valence-electron chi connectivity index (χ3n) is 5.19. The molecule has 1 aliphatic rings. The average Bonchev–Trinajstić information content (AvgIpc) is 3.33. The van der Waals surface area contributed by atoms with E-state index in [1.54, 1.807) is 24.3 Å². The molecule has 0 fully saturated rings. The molecule has 4 rings (SSSR count). The first-order valence-corrected chi connectivity index (χ1v) is 9.67. The maximum Gasteiger partial charge on any atom is 0.337 e. The zero-order valence-electron chi connectivity index (χ0n) is 17.0. The molecule has 0 spiro atoms. The number of benzene rings is 2. The number of carbonyl (C=O) groups is 1. The third-order valence-corrected chi connectivity index (χ3v) is 5.19. The van der Waals surface area contributed by atoms with Gasteiger partial charge >= 0.3 is 5.97 Å². The van der Waals surface area contributed by atoms with Gasteiger partial charge in [0.05, 0.1) is 31.3 Å². The molecule has 6 nitrogen and oxygen atoms in total. The number of ether oxygens (including phenoxy) is 1. The van der Waals surface area contributed by atoms with Crippen LogP contribution in [0.1, 0.15) is 28.2 Å². The standard InChI is InChI=1S/C23H23N3O3.ClH/c1-16-5-7-17(8-6-16)20-14-25(22-4-3-13-26(20)22)15-21(27)24-19-11-9-18(10-12-19)23(28)29-2;/h5-12,14H,3-4,13,15H2,1-2H3;1H. The van der Waals surface area contributed by atoms with E-state index in [-0.39, 0.29) is 24.8 Å². The highest BCUT2D eigenvalue weighted by Gasteiger charge is 2.28. The highest BCUT2D eigenvalue weighted by Crippen LogP contribution is 2.25. The van der Waals surface area contributed by atoms with Gasteiger partial charge in [-0.15, -0.1) is 12.4 Å². The number of aryl methyl sites for hydroxylation is 1. The quantitative estimate of drug-likeness (QED) is 0.273. The fraction of sp³-hybridized carbons (Fsp3) is 0.261. The Balaban J connectivity index is 0.00000256. The molecule has 0 bridgehead atoms. The van der Waals surface area contributed by atoms with Gasteiger partial charge in [-0.25, -0.2) is 13.9 Å². The van der Waals surface area contributed by atoms with Crippen LogP contribution < -0.4 is 9.67 Å². The largest absolute Gasteiger partial charge is 0.859 e. The van der Waals surface area contributed by atoms with Crippen LogP contribution in [0.5, 0.6) is 0 Å². The summed E-state index contributed by atoms with van der Waals surface area (Å²) in [5.74, 6) is 0.521. The lowest BCUT2D eigenvalue weighted by atomic mass is 10.1. The summed E-state index contributed by atoms with van der Waals surface area (Å²) in [5, 5.41) is 12.6. The lowest BCUT2D eigenvalue weighted by molar-refractivity contribution is -0.693. The summed E-state index contributed by atoms with van der Waals surface area (Å²) >= 11 is 0. The Labute approximate surface area is 181 Å². The van der Waals surface area contributed by atoms with Crippen molar-refractivity contribution in [3.63, 3.8) is 0 Å². The van der Waals surface area contributed by atoms with E-state index in [2.05, 4.69) is 45.5 Å². The van der Waals surface area contributed by atoms with E-state index < -0.39 is 5.97 Å². The van der Waals surface area contributed by atoms with Crippen LogP contribution >= 0.6 is 12.4 Å². The number of imidazole rings is 1. The number of rotatable bonds is 5. The summed E-state index contributed by atoms with van der Waals surface area (Å²) in [6.07, 6.45) is 4.08. The number of carbonyl (C=O) groups excluding carboxylic acids is 1. The lowest BCUT2D eigenvalue weighted by Crippen LogP contribution is -2.43. The van der Waals surface area contributed by atoms with Gasteiger partial charge in [-0.3, -0.25) is 4.99 Å². The number of aliphatic imine (C=N–C) groups is 1. The second kappa shape index (κ2) is 9.13. The molecule has 3 aromatic rings. The van der Waals surface area contributed by atoms with Gasteiger partial charge in [-0.1, -0.05) is 29.8 Å². The summed E-state index contributed by atoms with van der Waals surface area (Å²) in [6.45, 7) is 3.23. The van der Waals surface area contributed by atoms with E-state index in [0.29, 0.717) is 11.3 Å². The highest BCUT2D eigenvalue weighted by molar-refractivity contribution is 5.89. The van der Waals surface area contributed by atoms with Crippen molar-refractivity contribution >= 4 is 30.0 Å². The van der Waals surface area contributed by atoms with Gasteiger partial charge < -0.3 is 9.84 Å². The van der Waals surface area contributed by atoms with Gasteiger partial charge in [0, 0.05) is 11.5 Å². The second-order valence-electron chi connectivity index (χ2n) is 7.22. The van der Waals surface area contributed by atoms with Crippen molar-refractivity contribution in [2.45, 2.75) is 32.9 Å². The third kappa shape index (κ3) is 4.39. The van der Waals surface area contributed by atoms with Crippen molar-refractivity contribution < 1.29 is 19.2 Å². The second-order valence-corrected chi connectivity index (χ2v) is 7.22. The summed E-state index contributed by atoms with van der Waals surface area (Å²) in [6, 6.07) is 15.0. The van der Waals surface area contributed by atoms with E-state index >= 15 is 0 Å². The van der Waals surface area contributed by atoms with Crippen LogP contribution in [0.4, 0.5) is 5.69 Å². The minimum absolute atomic E-state index is 0. The predicted octanol–water partition coefficient (Wildman–Crippen LogP) is 3.00. The number of halogens is 1. The Morgan fingerprint density at radius 3 is 2.53 bits per heavy atom. The van der Waals surface area contributed by atoms with Crippen LogP contribution in [0.3, 0.4) is 0 Å². The molecule has 2 aromatic carbocycles. The van der Waals surface area contributed by atoms with E-state index in [1.807, 2.05) is 10.8 Å². The fourth-order valence-electron chi connectivity index (χ4n) is 3.72. The van der Waals surface area contributed by atoms with Crippen molar-refractivity contribution in [3.8, 4) is 11.3 Å². The summed E-state index contributed by atoms with van der Waals surface area (Å²) in [7, 11) is 1.34. The zero-order valence-corrected chi connectivity index (χ0v) is 17.8. The minimum atomic E-state index is -0.411. The molecule has 0 N–H and O–H groups in total. The van der Waals surface area contributed by atoms with Crippen LogP contribution in [0, 0.1) is 6.92 Å². The molecule has 0 amide bonds. The topological polar surface area (TPSA) is 70.5 Å². The number of hydrogen-bond donors (Lipinski definition) is 0. The van der Waals surface area contributed by atoms with Crippen molar-refractivity contribution in [2.24, 2.45) is 4.99 Å². The Bertz CT molecular complexity index is 1070. The molecule has 2 heterocycles. The summed E-state index contributed by atoms with van der Waals surface area (Å²) in [5.41, 5.74) is 4.47. The van der Waals surface area contributed by atoms with Crippen LogP contribution in [0.2, 0.25) is 0 Å². The van der Waals surface area contributed by atoms with Crippen LogP contribution in [0.15, 0.2) is 59.7 Å². The van der Waals surface area contributed by atoms with E-state index in [1.165, 1.54) is 12.7 Å². The maximum absolute atomic E-state index is 12.6. The summed E-state index contributed by atoms with van der Waals surface area (Å²) < 4.78 is 8.99. The number of fused-ring (bicyclic) bond motifs is 1. The van der Waals surface area contributed by atoms with Crippen molar-refractivity contribution in [3.05, 3.63) is 71.7 Å². The Morgan fingerprint density at radius 1 is 1.17 bits per heavy atom. The minimum Gasteiger partial charge on any atom is -0.859 e. The Hall–Kier alpha value is -3.12. The first kappa shape index (κ1) is 21.6. The first-order chi connectivity index (χ1) is 14.0. The SMILES string of the molecule is COC(=O)c1ccc(N=C([O-])C[n+]2cc(-c3ccc(C)cc3)n3c2CCC3)cc1.Cl. The van der Waals surface area contributed by atoms with Crippen molar-refractivity contribution in [1.29, 1.82) is 0 Å². The fourth-order valence-corrected chi connectivity index (χ4v) is 3.72. The number of hydrogen-bond acceptors (Lipinski definition) is 4. The molecule has 0 atom stereocenters. The smallest absolute Gasteiger partial charge is 0.337 e. The molecule has 1 aromatic heterocycles. The van der Waals surface area contributed by atoms with Gasteiger partial charge in [0.2, 0.25) is 0 Å². The average molecular weight is 426 g/mol. The summed E-state index contributed by atoms with van der Waals surface area (Å²) in [4.78, 5) is 15.7.